The molecule has 0 aromatic heterocycles. The SMILES string of the molecule is O=C(NCC(=O)N1CCC(O)CC1)c1ccc(S(=O)(=O)Nc2ccccc2C(=O)c2ccccc2)cc1. The van der Waals surface area contributed by atoms with Crippen molar-refractivity contribution < 1.29 is 27.9 Å². The van der Waals surface area contributed by atoms with Crippen molar-refractivity contribution >= 4 is 33.3 Å². The third-order valence-electron chi connectivity index (χ3n) is 6.10. The first-order chi connectivity index (χ1) is 17.7. The van der Waals surface area contributed by atoms with Gasteiger partial charge in [-0.2, -0.15) is 0 Å². The maximum atomic E-state index is 13.0. The molecule has 0 atom stereocenters. The van der Waals surface area contributed by atoms with Crippen LogP contribution >= 0.6 is 0 Å². The number of carbonyl (C=O) groups is 3. The van der Waals surface area contributed by atoms with Gasteiger partial charge in [0.05, 0.1) is 23.2 Å². The molecule has 2 amide bonds. The van der Waals surface area contributed by atoms with Gasteiger partial charge in [0.15, 0.2) is 5.78 Å². The van der Waals surface area contributed by atoms with Crippen LogP contribution in [0.15, 0.2) is 83.8 Å². The summed E-state index contributed by atoms with van der Waals surface area (Å²) < 4.78 is 28.5. The molecule has 9 nitrogen and oxygen atoms in total. The zero-order valence-electron chi connectivity index (χ0n) is 20.0. The zero-order valence-corrected chi connectivity index (χ0v) is 20.8. The van der Waals surface area contributed by atoms with Gasteiger partial charge < -0.3 is 15.3 Å². The summed E-state index contributed by atoms with van der Waals surface area (Å²) in [4.78, 5) is 39.2. The van der Waals surface area contributed by atoms with Crippen molar-refractivity contribution in [1.29, 1.82) is 0 Å². The fraction of sp³-hybridized carbons (Fsp3) is 0.222. The average molecular weight is 522 g/mol. The number of amides is 2. The minimum atomic E-state index is -4.05. The van der Waals surface area contributed by atoms with Gasteiger partial charge in [0.2, 0.25) is 5.91 Å². The number of carbonyl (C=O) groups excluding carboxylic acids is 3. The monoisotopic (exact) mass is 521 g/mol. The molecule has 4 rings (SSSR count). The molecule has 3 aromatic carbocycles. The van der Waals surface area contributed by atoms with Crippen LogP contribution in [0.3, 0.4) is 0 Å². The molecule has 3 aromatic rings. The number of ketones is 1. The topological polar surface area (TPSA) is 133 Å². The predicted molar refractivity (Wildman–Crippen MR) is 138 cm³/mol. The van der Waals surface area contributed by atoms with E-state index in [-0.39, 0.29) is 39.9 Å². The number of likely N-dealkylation sites (tertiary alicyclic amines) is 1. The fourth-order valence-corrected chi connectivity index (χ4v) is 5.07. The molecule has 192 valence electrons. The standard InChI is InChI=1S/C27H27N3O6S/c31-21-14-16-30(17-15-21)25(32)18-28-27(34)20-10-12-22(13-11-20)37(35,36)29-24-9-5-4-8-23(24)26(33)19-6-2-1-3-7-19/h1-13,21,29,31H,14-18H2,(H,28,34). The van der Waals surface area contributed by atoms with E-state index in [1.807, 2.05) is 0 Å². The first-order valence-corrected chi connectivity index (χ1v) is 13.3. The number of hydrogen-bond donors (Lipinski definition) is 3. The number of nitrogens with zero attached hydrogens (tertiary/aromatic N) is 1. The quantitative estimate of drug-likeness (QED) is 0.390. The molecule has 0 aliphatic carbocycles. The molecule has 1 fully saturated rings. The lowest BCUT2D eigenvalue weighted by Crippen LogP contribution is -2.45. The van der Waals surface area contributed by atoms with Crippen LogP contribution in [0.5, 0.6) is 0 Å². The van der Waals surface area contributed by atoms with Gasteiger partial charge in [0.25, 0.3) is 15.9 Å². The Balaban J connectivity index is 1.41. The summed E-state index contributed by atoms with van der Waals surface area (Å²) >= 11 is 0. The lowest BCUT2D eigenvalue weighted by Gasteiger charge is -2.29. The van der Waals surface area contributed by atoms with Crippen molar-refractivity contribution in [1.82, 2.24) is 10.2 Å². The molecule has 0 bridgehead atoms. The molecule has 1 aliphatic heterocycles. The summed E-state index contributed by atoms with van der Waals surface area (Å²) in [5.74, 6) is -1.07. The van der Waals surface area contributed by atoms with Crippen LogP contribution in [0.1, 0.15) is 39.1 Å². The normalized spacial score (nSPS) is 14.1. The largest absolute Gasteiger partial charge is 0.393 e. The molecule has 3 N–H and O–H groups in total. The van der Waals surface area contributed by atoms with E-state index in [4.69, 9.17) is 0 Å². The van der Waals surface area contributed by atoms with E-state index < -0.39 is 22.0 Å². The number of sulfonamides is 1. The van der Waals surface area contributed by atoms with E-state index in [1.165, 1.54) is 30.3 Å². The van der Waals surface area contributed by atoms with Crippen LogP contribution in [0, 0.1) is 0 Å². The highest BCUT2D eigenvalue weighted by Gasteiger charge is 2.22. The second-order valence-electron chi connectivity index (χ2n) is 8.67. The van der Waals surface area contributed by atoms with E-state index in [2.05, 4.69) is 10.0 Å². The smallest absolute Gasteiger partial charge is 0.261 e. The van der Waals surface area contributed by atoms with Crippen LogP contribution in [0.4, 0.5) is 5.69 Å². The second kappa shape index (κ2) is 11.4. The lowest BCUT2D eigenvalue weighted by molar-refractivity contribution is -0.132. The summed E-state index contributed by atoms with van der Waals surface area (Å²) in [5, 5.41) is 12.1. The molecule has 0 saturated carbocycles. The van der Waals surface area contributed by atoms with Gasteiger partial charge in [-0.1, -0.05) is 42.5 Å². The number of nitrogens with one attached hydrogen (secondary N) is 2. The maximum absolute atomic E-state index is 13.0. The third kappa shape index (κ3) is 6.41. The minimum absolute atomic E-state index is 0.0889. The summed E-state index contributed by atoms with van der Waals surface area (Å²) in [6, 6.07) is 20.2. The predicted octanol–water partition coefficient (Wildman–Crippen LogP) is 2.43. The Kier molecular flexibility index (Phi) is 8.00. The van der Waals surface area contributed by atoms with Crippen molar-refractivity contribution in [2.45, 2.75) is 23.8 Å². The third-order valence-corrected chi connectivity index (χ3v) is 7.48. The number of aliphatic hydroxyl groups is 1. The molecule has 1 saturated heterocycles. The molecule has 1 aliphatic rings. The van der Waals surface area contributed by atoms with Gasteiger partial charge in [-0.05, 0) is 49.2 Å². The van der Waals surface area contributed by atoms with Crippen LogP contribution in [0.25, 0.3) is 0 Å². The number of piperidine rings is 1. The van der Waals surface area contributed by atoms with Crippen LogP contribution in [0.2, 0.25) is 0 Å². The number of anilines is 1. The average Bonchev–Trinajstić information content (AvgIpc) is 2.92. The Morgan fingerprint density at radius 2 is 1.46 bits per heavy atom. The summed E-state index contributed by atoms with van der Waals surface area (Å²) in [7, 11) is -4.05. The van der Waals surface area contributed by atoms with Gasteiger partial charge in [-0.3, -0.25) is 19.1 Å². The molecular formula is C27H27N3O6S. The molecule has 10 heteroatoms. The lowest BCUT2D eigenvalue weighted by atomic mass is 10.0. The van der Waals surface area contributed by atoms with Crippen LogP contribution < -0.4 is 10.0 Å². The fourth-order valence-electron chi connectivity index (χ4n) is 3.99. The van der Waals surface area contributed by atoms with Crippen molar-refractivity contribution in [3.63, 3.8) is 0 Å². The van der Waals surface area contributed by atoms with Crippen LogP contribution in [-0.2, 0) is 14.8 Å². The van der Waals surface area contributed by atoms with E-state index in [1.54, 1.807) is 53.4 Å². The molecular weight excluding hydrogens is 494 g/mol. The number of benzene rings is 3. The molecule has 37 heavy (non-hydrogen) atoms. The highest BCUT2D eigenvalue weighted by molar-refractivity contribution is 7.92. The van der Waals surface area contributed by atoms with Crippen molar-refractivity contribution in [3.8, 4) is 0 Å². The zero-order chi connectivity index (χ0) is 26.4. The van der Waals surface area contributed by atoms with E-state index in [0.717, 1.165) is 0 Å². The summed E-state index contributed by atoms with van der Waals surface area (Å²) in [5.41, 5.74) is 0.976. The van der Waals surface area contributed by atoms with Crippen LogP contribution in [-0.4, -0.2) is 61.8 Å². The van der Waals surface area contributed by atoms with Gasteiger partial charge in [-0.15, -0.1) is 0 Å². The maximum Gasteiger partial charge on any atom is 0.261 e. The number of aliphatic hydroxyl groups excluding tert-OH is 1. The van der Waals surface area contributed by atoms with Crippen molar-refractivity contribution in [3.05, 3.63) is 95.6 Å². The van der Waals surface area contributed by atoms with Gasteiger partial charge >= 0.3 is 0 Å². The first-order valence-electron chi connectivity index (χ1n) is 11.8. The highest BCUT2D eigenvalue weighted by atomic mass is 32.2. The Bertz CT molecular complexity index is 1380. The van der Waals surface area contributed by atoms with E-state index in [0.29, 0.717) is 31.5 Å². The first kappa shape index (κ1) is 26.1. The summed E-state index contributed by atoms with van der Waals surface area (Å²) in [6.45, 7) is 0.688. The Hall–Kier alpha value is -4.02. The Morgan fingerprint density at radius 3 is 2.14 bits per heavy atom. The molecule has 0 unspecified atom stereocenters. The van der Waals surface area contributed by atoms with Crippen molar-refractivity contribution in [2.24, 2.45) is 0 Å². The van der Waals surface area contributed by atoms with Gasteiger partial charge in [-0.25, -0.2) is 8.42 Å². The minimum Gasteiger partial charge on any atom is -0.393 e. The van der Waals surface area contributed by atoms with E-state index in [9.17, 15) is 27.9 Å². The molecule has 0 radical (unpaired) electrons. The Morgan fingerprint density at radius 1 is 0.838 bits per heavy atom. The van der Waals surface area contributed by atoms with Crippen molar-refractivity contribution in [2.75, 3.05) is 24.4 Å². The van der Waals surface area contributed by atoms with E-state index >= 15 is 0 Å². The second-order valence-corrected chi connectivity index (χ2v) is 10.3. The number of para-hydroxylation sites is 1. The highest BCUT2D eigenvalue weighted by Crippen LogP contribution is 2.23. The Labute approximate surface area is 215 Å². The van der Waals surface area contributed by atoms with Gasteiger partial charge in [0, 0.05) is 29.8 Å². The molecule has 0 spiro atoms. The van der Waals surface area contributed by atoms with Gasteiger partial charge in [0.1, 0.15) is 0 Å². The summed E-state index contributed by atoms with van der Waals surface area (Å²) in [6.07, 6.45) is 0.615. The number of rotatable bonds is 8. The number of hydrogen-bond acceptors (Lipinski definition) is 6. The molecule has 1 heterocycles.